The summed E-state index contributed by atoms with van der Waals surface area (Å²) >= 11 is 0. The summed E-state index contributed by atoms with van der Waals surface area (Å²) < 4.78 is 5.30. The van der Waals surface area contributed by atoms with Crippen molar-refractivity contribution in [2.75, 3.05) is 6.61 Å². The van der Waals surface area contributed by atoms with Crippen molar-refractivity contribution < 1.29 is 19.6 Å². The Morgan fingerprint density at radius 2 is 2.29 bits per heavy atom. The molecule has 0 amide bonds. The third-order valence-corrected chi connectivity index (χ3v) is 2.89. The van der Waals surface area contributed by atoms with Crippen LogP contribution in [-0.2, 0) is 15.1 Å². The number of hydrogen-bond donors (Lipinski definition) is 1. The Hall–Kier alpha value is -1.95. The second-order valence-electron chi connectivity index (χ2n) is 3.89. The normalized spacial score (nSPS) is 23.5. The maximum absolute atomic E-state index is 11.3. The van der Waals surface area contributed by atoms with Crippen LogP contribution in [0.2, 0.25) is 0 Å². The fourth-order valence-electron chi connectivity index (χ4n) is 2.03. The predicted molar refractivity (Wildman–Crippen MR) is 57.6 cm³/mol. The van der Waals surface area contributed by atoms with E-state index >= 15 is 0 Å². The second kappa shape index (κ2) is 4.14. The van der Waals surface area contributed by atoms with Crippen molar-refractivity contribution in [1.29, 1.82) is 0 Å². The molecule has 1 heterocycles. The smallest absolute Gasteiger partial charge is 0.340 e. The van der Waals surface area contributed by atoms with Crippen molar-refractivity contribution in [1.82, 2.24) is 0 Å². The van der Waals surface area contributed by atoms with E-state index in [9.17, 15) is 20.0 Å². The molecule has 6 heteroatoms. The van der Waals surface area contributed by atoms with Crippen LogP contribution in [0.4, 0.5) is 5.69 Å². The number of rotatable bonds is 3. The van der Waals surface area contributed by atoms with Gasteiger partial charge in [0.15, 0.2) is 5.60 Å². The van der Waals surface area contributed by atoms with Gasteiger partial charge in [-0.3, -0.25) is 10.1 Å². The number of hydrogen-bond acceptors (Lipinski definition) is 4. The van der Waals surface area contributed by atoms with Crippen molar-refractivity contribution in [3.8, 4) is 0 Å². The highest BCUT2D eigenvalue weighted by Gasteiger charge is 2.45. The summed E-state index contributed by atoms with van der Waals surface area (Å²) in [6, 6.07) is 5.61. The van der Waals surface area contributed by atoms with E-state index in [1.54, 1.807) is 6.07 Å². The number of nitrogens with zero attached hydrogens (tertiary/aromatic N) is 1. The van der Waals surface area contributed by atoms with Crippen LogP contribution < -0.4 is 0 Å². The summed E-state index contributed by atoms with van der Waals surface area (Å²) in [6.45, 7) is 0.356. The number of aliphatic carboxylic acids is 1. The molecule has 1 aromatic carbocycles. The minimum absolute atomic E-state index is 0.126. The van der Waals surface area contributed by atoms with E-state index in [0.717, 1.165) is 0 Å². The van der Waals surface area contributed by atoms with Gasteiger partial charge in [-0.1, -0.05) is 12.1 Å². The molecule has 1 atom stereocenters. The van der Waals surface area contributed by atoms with Gasteiger partial charge in [-0.2, -0.15) is 0 Å². The van der Waals surface area contributed by atoms with E-state index < -0.39 is 16.5 Å². The predicted octanol–water partition coefficient (Wildman–Crippen LogP) is 1.69. The highest BCUT2D eigenvalue weighted by Crippen LogP contribution is 2.37. The standard InChI is InChI=1S/C11H11NO5/c13-10(14)11(5-2-6-17-11)8-3-1-4-9(7-8)12(15)16/h1,3-4,7H,2,5-6H2,(H,13,14). The van der Waals surface area contributed by atoms with Gasteiger partial charge in [0.05, 0.1) is 4.92 Å². The van der Waals surface area contributed by atoms with Crippen molar-refractivity contribution in [3.05, 3.63) is 39.9 Å². The van der Waals surface area contributed by atoms with Gasteiger partial charge < -0.3 is 9.84 Å². The Labute approximate surface area is 97.0 Å². The van der Waals surface area contributed by atoms with Gasteiger partial charge in [-0.25, -0.2) is 4.79 Å². The molecule has 1 fully saturated rings. The molecule has 0 saturated carbocycles. The Morgan fingerprint density at radius 3 is 2.82 bits per heavy atom. The lowest BCUT2D eigenvalue weighted by Crippen LogP contribution is -2.34. The lowest BCUT2D eigenvalue weighted by atomic mass is 9.90. The summed E-state index contributed by atoms with van der Waals surface area (Å²) in [7, 11) is 0. The second-order valence-corrected chi connectivity index (χ2v) is 3.89. The minimum Gasteiger partial charge on any atom is -0.479 e. The fourth-order valence-corrected chi connectivity index (χ4v) is 2.03. The van der Waals surface area contributed by atoms with Crippen molar-refractivity contribution in [3.63, 3.8) is 0 Å². The van der Waals surface area contributed by atoms with Crippen LogP contribution >= 0.6 is 0 Å². The molecule has 6 nitrogen and oxygen atoms in total. The van der Waals surface area contributed by atoms with Crippen LogP contribution in [0.1, 0.15) is 18.4 Å². The SMILES string of the molecule is O=C(O)C1(c2cccc([N+](=O)[O-])c2)CCCO1. The molecule has 17 heavy (non-hydrogen) atoms. The molecule has 0 aliphatic carbocycles. The Kier molecular flexibility index (Phi) is 2.81. The molecule has 1 aliphatic rings. The number of ether oxygens (including phenoxy) is 1. The molecule has 0 radical (unpaired) electrons. The topological polar surface area (TPSA) is 89.7 Å². The van der Waals surface area contributed by atoms with E-state index in [1.165, 1.54) is 18.2 Å². The maximum Gasteiger partial charge on any atom is 0.340 e. The zero-order chi connectivity index (χ0) is 12.5. The molecule has 1 aromatic rings. The highest BCUT2D eigenvalue weighted by atomic mass is 16.6. The molecular formula is C11H11NO5. The van der Waals surface area contributed by atoms with E-state index in [4.69, 9.17) is 4.74 Å². The molecular weight excluding hydrogens is 226 g/mol. The van der Waals surface area contributed by atoms with Gasteiger partial charge in [-0.15, -0.1) is 0 Å². The Morgan fingerprint density at radius 1 is 1.53 bits per heavy atom. The zero-order valence-electron chi connectivity index (χ0n) is 8.96. The number of carboxylic acid groups (broad SMARTS) is 1. The van der Waals surface area contributed by atoms with Crippen LogP contribution in [0.25, 0.3) is 0 Å². The summed E-state index contributed by atoms with van der Waals surface area (Å²) in [4.78, 5) is 21.4. The number of carboxylic acids is 1. The lowest BCUT2D eigenvalue weighted by Gasteiger charge is -2.23. The molecule has 1 aliphatic heterocycles. The van der Waals surface area contributed by atoms with Crippen LogP contribution in [0.5, 0.6) is 0 Å². The average molecular weight is 237 g/mol. The first-order valence-corrected chi connectivity index (χ1v) is 5.18. The molecule has 1 saturated heterocycles. The van der Waals surface area contributed by atoms with Gasteiger partial charge in [0.2, 0.25) is 0 Å². The van der Waals surface area contributed by atoms with Crippen LogP contribution in [0.15, 0.2) is 24.3 Å². The first-order chi connectivity index (χ1) is 8.06. The molecule has 0 bridgehead atoms. The number of non-ortho nitro benzene ring substituents is 1. The largest absolute Gasteiger partial charge is 0.479 e. The van der Waals surface area contributed by atoms with Crippen molar-refractivity contribution >= 4 is 11.7 Å². The van der Waals surface area contributed by atoms with E-state index in [0.29, 0.717) is 25.0 Å². The third kappa shape index (κ3) is 1.87. The van der Waals surface area contributed by atoms with E-state index in [-0.39, 0.29) is 5.69 Å². The maximum atomic E-state index is 11.3. The Balaban J connectivity index is 2.47. The van der Waals surface area contributed by atoms with Gasteiger partial charge >= 0.3 is 5.97 Å². The van der Waals surface area contributed by atoms with Crippen LogP contribution in [0.3, 0.4) is 0 Å². The van der Waals surface area contributed by atoms with Crippen LogP contribution in [0, 0.1) is 10.1 Å². The van der Waals surface area contributed by atoms with Gasteiger partial charge in [-0.05, 0) is 12.8 Å². The summed E-state index contributed by atoms with van der Waals surface area (Å²) in [5.74, 6) is -1.10. The summed E-state index contributed by atoms with van der Waals surface area (Å²) in [5.41, 5.74) is -1.22. The molecule has 0 spiro atoms. The quantitative estimate of drug-likeness (QED) is 0.638. The molecule has 0 aromatic heterocycles. The molecule has 2 rings (SSSR count). The first-order valence-electron chi connectivity index (χ1n) is 5.18. The molecule has 1 N–H and O–H groups in total. The first kappa shape index (κ1) is 11.5. The minimum atomic E-state index is -1.42. The Bertz CT molecular complexity index is 465. The van der Waals surface area contributed by atoms with Crippen molar-refractivity contribution in [2.45, 2.75) is 18.4 Å². The van der Waals surface area contributed by atoms with Gasteiger partial charge in [0, 0.05) is 24.3 Å². The summed E-state index contributed by atoms with van der Waals surface area (Å²) in [5, 5.41) is 19.9. The third-order valence-electron chi connectivity index (χ3n) is 2.89. The van der Waals surface area contributed by atoms with Crippen molar-refractivity contribution in [2.24, 2.45) is 0 Å². The van der Waals surface area contributed by atoms with E-state index in [1.807, 2.05) is 0 Å². The monoisotopic (exact) mass is 237 g/mol. The molecule has 90 valence electrons. The zero-order valence-corrected chi connectivity index (χ0v) is 8.96. The van der Waals surface area contributed by atoms with Gasteiger partial charge in [0.25, 0.3) is 5.69 Å². The molecule has 1 unspecified atom stereocenters. The van der Waals surface area contributed by atoms with Gasteiger partial charge in [0.1, 0.15) is 0 Å². The number of nitro groups is 1. The lowest BCUT2D eigenvalue weighted by molar-refractivity contribution is -0.385. The number of carbonyl (C=O) groups is 1. The summed E-state index contributed by atoms with van der Waals surface area (Å²) in [6.07, 6.45) is 0.971. The number of nitro benzene ring substituents is 1. The highest BCUT2D eigenvalue weighted by molar-refractivity contribution is 5.80. The average Bonchev–Trinajstić information content (AvgIpc) is 2.79. The number of benzene rings is 1. The fraction of sp³-hybridized carbons (Fsp3) is 0.364. The van der Waals surface area contributed by atoms with Crippen LogP contribution in [-0.4, -0.2) is 22.6 Å². The van der Waals surface area contributed by atoms with E-state index in [2.05, 4.69) is 0 Å².